The molecule has 120 valence electrons. The van der Waals surface area contributed by atoms with Crippen LogP contribution in [-0.4, -0.2) is 19.2 Å². The number of amides is 1. The van der Waals surface area contributed by atoms with Crippen LogP contribution in [0.5, 0.6) is 5.75 Å². The summed E-state index contributed by atoms with van der Waals surface area (Å²) >= 11 is 1.14. The lowest BCUT2D eigenvalue weighted by molar-refractivity contribution is 0.0600. The van der Waals surface area contributed by atoms with Crippen molar-refractivity contribution < 1.29 is 23.5 Å². The maximum atomic E-state index is 13.3. The fourth-order valence-corrected chi connectivity index (χ4v) is 2.65. The van der Waals surface area contributed by atoms with E-state index in [0.29, 0.717) is 21.0 Å². The SMILES string of the molecule is COC(=O)c1ccc(Sc2ccc(F)cc2OC(N)=O)c(N)c1. The third-order valence-electron chi connectivity index (χ3n) is 2.77. The van der Waals surface area contributed by atoms with Crippen molar-refractivity contribution in [3.8, 4) is 5.75 Å². The second kappa shape index (κ2) is 7.01. The minimum atomic E-state index is -1.05. The van der Waals surface area contributed by atoms with E-state index in [1.165, 1.54) is 25.3 Å². The van der Waals surface area contributed by atoms with E-state index >= 15 is 0 Å². The van der Waals surface area contributed by atoms with Crippen molar-refractivity contribution >= 4 is 29.5 Å². The van der Waals surface area contributed by atoms with Gasteiger partial charge in [0.1, 0.15) is 11.6 Å². The number of hydrogen-bond acceptors (Lipinski definition) is 6. The van der Waals surface area contributed by atoms with Gasteiger partial charge < -0.3 is 20.9 Å². The number of primary amides is 1. The molecule has 0 aliphatic carbocycles. The summed E-state index contributed by atoms with van der Waals surface area (Å²) in [6.45, 7) is 0. The topological polar surface area (TPSA) is 105 Å². The number of nitrogens with two attached hydrogens (primary N) is 2. The van der Waals surface area contributed by atoms with Gasteiger partial charge >= 0.3 is 12.1 Å². The van der Waals surface area contributed by atoms with E-state index in [2.05, 4.69) is 4.74 Å². The largest absolute Gasteiger partial charge is 0.465 e. The van der Waals surface area contributed by atoms with Gasteiger partial charge in [0, 0.05) is 16.6 Å². The van der Waals surface area contributed by atoms with Crippen molar-refractivity contribution in [3.63, 3.8) is 0 Å². The van der Waals surface area contributed by atoms with Gasteiger partial charge in [0.25, 0.3) is 0 Å². The van der Waals surface area contributed by atoms with E-state index < -0.39 is 17.9 Å². The lowest BCUT2D eigenvalue weighted by Crippen LogP contribution is -2.16. The third kappa shape index (κ3) is 4.13. The Hall–Kier alpha value is -2.74. The van der Waals surface area contributed by atoms with Gasteiger partial charge in [-0.15, -0.1) is 0 Å². The van der Waals surface area contributed by atoms with E-state index in [1.807, 2.05) is 0 Å². The summed E-state index contributed by atoms with van der Waals surface area (Å²) in [4.78, 5) is 23.4. The van der Waals surface area contributed by atoms with Crippen LogP contribution < -0.4 is 16.2 Å². The highest BCUT2D eigenvalue weighted by Crippen LogP contribution is 2.38. The normalized spacial score (nSPS) is 10.2. The van der Waals surface area contributed by atoms with Crippen LogP contribution in [0.3, 0.4) is 0 Å². The Balaban J connectivity index is 2.32. The van der Waals surface area contributed by atoms with Crippen molar-refractivity contribution in [2.24, 2.45) is 5.73 Å². The average molecular weight is 336 g/mol. The first-order valence-corrected chi connectivity index (χ1v) is 7.15. The highest BCUT2D eigenvalue weighted by atomic mass is 32.2. The molecule has 8 heteroatoms. The third-order valence-corrected chi connectivity index (χ3v) is 3.92. The lowest BCUT2D eigenvalue weighted by Gasteiger charge is -2.10. The molecule has 1 amide bonds. The number of hydrogen-bond donors (Lipinski definition) is 2. The molecule has 0 atom stereocenters. The summed E-state index contributed by atoms with van der Waals surface area (Å²) in [5.41, 5.74) is 11.5. The second-order valence-electron chi connectivity index (χ2n) is 4.36. The number of nitrogen functional groups attached to an aromatic ring is 1. The minimum Gasteiger partial charge on any atom is -0.465 e. The summed E-state index contributed by atoms with van der Waals surface area (Å²) in [5.74, 6) is -1.09. The first-order chi connectivity index (χ1) is 10.9. The lowest BCUT2D eigenvalue weighted by atomic mass is 10.2. The summed E-state index contributed by atoms with van der Waals surface area (Å²) in [6, 6.07) is 8.33. The van der Waals surface area contributed by atoms with Gasteiger partial charge in [-0.25, -0.2) is 14.0 Å². The van der Waals surface area contributed by atoms with E-state index in [0.717, 1.165) is 17.8 Å². The number of carbonyl (C=O) groups is 2. The highest BCUT2D eigenvalue weighted by Gasteiger charge is 2.13. The zero-order valence-electron chi connectivity index (χ0n) is 12.0. The summed E-state index contributed by atoms with van der Waals surface area (Å²) < 4.78 is 22.7. The quantitative estimate of drug-likeness (QED) is 0.657. The number of rotatable bonds is 4. The molecule has 2 aromatic carbocycles. The summed E-state index contributed by atoms with van der Waals surface area (Å²) in [6.07, 6.45) is -1.05. The molecule has 2 aromatic rings. The number of ether oxygens (including phenoxy) is 2. The predicted molar refractivity (Wildman–Crippen MR) is 82.9 cm³/mol. The van der Waals surface area contributed by atoms with E-state index in [1.54, 1.807) is 12.1 Å². The Morgan fingerprint density at radius 3 is 2.43 bits per heavy atom. The number of halogens is 1. The van der Waals surface area contributed by atoms with Crippen molar-refractivity contribution in [1.82, 2.24) is 0 Å². The Labute approximate surface area is 135 Å². The molecule has 23 heavy (non-hydrogen) atoms. The number of benzene rings is 2. The first kappa shape index (κ1) is 16.6. The molecule has 0 spiro atoms. The van der Waals surface area contributed by atoms with E-state index in [4.69, 9.17) is 16.2 Å². The molecule has 4 N–H and O–H groups in total. The zero-order chi connectivity index (χ0) is 17.0. The summed E-state index contributed by atoms with van der Waals surface area (Å²) in [5, 5.41) is 0. The predicted octanol–water partition coefficient (Wildman–Crippen LogP) is 2.80. The van der Waals surface area contributed by atoms with Crippen LogP contribution in [0.25, 0.3) is 0 Å². The van der Waals surface area contributed by atoms with Crippen LogP contribution in [0.4, 0.5) is 14.9 Å². The molecule has 0 unspecified atom stereocenters. The molecule has 0 aromatic heterocycles. The van der Waals surface area contributed by atoms with E-state index in [-0.39, 0.29) is 5.75 Å². The molecule has 0 heterocycles. The van der Waals surface area contributed by atoms with Crippen LogP contribution in [-0.2, 0) is 4.74 Å². The summed E-state index contributed by atoms with van der Waals surface area (Å²) in [7, 11) is 1.27. The van der Waals surface area contributed by atoms with E-state index in [9.17, 15) is 14.0 Å². The number of carbonyl (C=O) groups excluding carboxylic acids is 2. The molecular formula is C15H13FN2O4S. The Morgan fingerprint density at radius 1 is 1.13 bits per heavy atom. The number of anilines is 1. The molecule has 6 nitrogen and oxygen atoms in total. The van der Waals surface area contributed by atoms with Crippen molar-refractivity contribution in [3.05, 3.63) is 47.8 Å². The fraction of sp³-hybridized carbons (Fsp3) is 0.0667. The molecule has 0 aliphatic rings. The molecule has 0 bridgehead atoms. The second-order valence-corrected chi connectivity index (χ2v) is 5.44. The maximum Gasteiger partial charge on any atom is 0.410 e. The monoisotopic (exact) mass is 336 g/mol. The van der Waals surface area contributed by atoms with Gasteiger partial charge in [-0.05, 0) is 30.3 Å². The van der Waals surface area contributed by atoms with Crippen molar-refractivity contribution in [2.45, 2.75) is 9.79 Å². The number of esters is 1. The van der Waals surface area contributed by atoms with Crippen LogP contribution in [0.1, 0.15) is 10.4 Å². The van der Waals surface area contributed by atoms with Gasteiger partial charge in [-0.3, -0.25) is 0 Å². The van der Waals surface area contributed by atoms with Crippen LogP contribution in [0, 0.1) is 5.82 Å². The van der Waals surface area contributed by atoms with Crippen molar-refractivity contribution in [1.29, 1.82) is 0 Å². The highest BCUT2D eigenvalue weighted by molar-refractivity contribution is 7.99. The molecule has 0 aliphatic heterocycles. The standard InChI is InChI=1S/C15H13FN2O4S/c1-21-14(19)8-2-4-12(10(17)6-8)23-13-5-3-9(16)7-11(13)22-15(18)20/h2-7H,17H2,1H3,(H2,18,20). The van der Waals surface area contributed by atoms with Gasteiger partial charge in [-0.1, -0.05) is 11.8 Å². The average Bonchev–Trinajstić information content (AvgIpc) is 2.50. The maximum absolute atomic E-state index is 13.3. The fourth-order valence-electron chi connectivity index (χ4n) is 1.76. The molecular weight excluding hydrogens is 323 g/mol. The molecule has 0 fully saturated rings. The molecule has 2 rings (SSSR count). The van der Waals surface area contributed by atoms with Crippen molar-refractivity contribution in [2.75, 3.05) is 12.8 Å². The van der Waals surface area contributed by atoms with Crippen LogP contribution >= 0.6 is 11.8 Å². The van der Waals surface area contributed by atoms with Crippen LogP contribution in [0.15, 0.2) is 46.2 Å². The minimum absolute atomic E-state index is 0.0149. The zero-order valence-corrected chi connectivity index (χ0v) is 12.9. The van der Waals surface area contributed by atoms with Gasteiger partial charge in [0.2, 0.25) is 0 Å². The Kier molecular flexibility index (Phi) is 5.07. The van der Waals surface area contributed by atoms with Gasteiger partial charge in [0.15, 0.2) is 0 Å². The van der Waals surface area contributed by atoms with Gasteiger partial charge in [-0.2, -0.15) is 0 Å². The van der Waals surface area contributed by atoms with Crippen LogP contribution in [0.2, 0.25) is 0 Å². The molecule has 0 saturated heterocycles. The first-order valence-electron chi connectivity index (χ1n) is 6.33. The molecule has 0 radical (unpaired) electrons. The molecule has 0 saturated carbocycles. The Bertz CT molecular complexity index is 767. The van der Waals surface area contributed by atoms with Gasteiger partial charge in [0.05, 0.1) is 17.6 Å². The smallest absolute Gasteiger partial charge is 0.410 e. The Morgan fingerprint density at radius 2 is 1.83 bits per heavy atom. The number of methoxy groups -OCH3 is 1.